The number of aromatic nitrogens is 2. The van der Waals surface area contributed by atoms with E-state index in [1.807, 2.05) is 0 Å². The Kier molecular flexibility index (Phi) is 6.06. The highest BCUT2D eigenvalue weighted by Crippen LogP contribution is 2.27. The van der Waals surface area contributed by atoms with Crippen LogP contribution in [-0.2, 0) is 0 Å². The van der Waals surface area contributed by atoms with Crippen LogP contribution in [0.5, 0.6) is 0 Å². The molecule has 2 amide bonds. The Bertz CT molecular complexity index is 433. The van der Waals surface area contributed by atoms with Crippen molar-refractivity contribution in [2.75, 3.05) is 44.4 Å². The molecular weight excluding hydrogens is 294 g/mol. The molecule has 1 N–H and O–H groups in total. The fourth-order valence-corrected chi connectivity index (χ4v) is 3.97. The number of amides is 2. The van der Waals surface area contributed by atoms with Gasteiger partial charge in [-0.2, -0.15) is 0 Å². The molecule has 1 aliphatic rings. The summed E-state index contributed by atoms with van der Waals surface area (Å²) in [6.45, 7) is 3.55. The topological polar surface area (TPSA) is 61.4 Å². The summed E-state index contributed by atoms with van der Waals surface area (Å²) in [5.41, 5.74) is 0. The Hall–Kier alpha value is -0.860. The summed E-state index contributed by atoms with van der Waals surface area (Å²) in [5.74, 6) is 1.03. The third-order valence-electron chi connectivity index (χ3n) is 3.28. The zero-order chi connectivity index (χ0) is 14.4. The average molecular weight is 315 g/mol. The number of nitrogens with one attached hydrogen (secondary N) is 1. The predicted molar refractivity (Wildman–Crippen MR) is 83.8 cm³/mol. The van der Waals surface area contributed by atoms with Gasteiger partial charge in [-0.3, -0.25) is 4.90 Å². The number of anilines is 1. The number of thioether (sulfide) groups is 1. The standard InChI is InChI=1S/C12H21N5OS2/c1-13-10(18)16(2)11-14-15-12(20-11)19-9-8-17-6-4-3-5-7-17/h3-9H2,1-2H3,(H,13,18). The SMILES string of the molecule is CNC(=O)N(C)c1nnc(SCCN2CCCCC2)s1. The Morgan fingerprint density at radius 1 is 1.40 bits per heavy atom. The summed E-state index contributed by atoms with van der Waals surface area (Å²) >= 11 is 3.18. The molecule has 0 radical (unpaired) electrons. The first kappa shape index (κ1) is 15.5. The molecule has 1 aromatic heterocycles. The van der Waals surface area contributed by atoms with Crippen LogP contribution in [0.25, 0.3) is 0 Å². The van der Waals surface area contributed by atoms with Gasteiger partial charge in [-0.05, 0) is 25.9 Å². The van der Waals surface area contributed by atoms with Crippen molar-refractivity contribution in [1.82, 2.24) is 20.4 Å². The van der Waals surface area contributed by atoms with E-state index in [1.54, 1.807) is 25.9 Å². The monoisotopic (exact) mass is 315 g/mol. The molecule has 1 fully saturated rings. The highest BCUT2D eigenvalue weighted by atomic mass is 32.2. The number of urea groups is 1. The second-order valence-electron chi connectivity index (χ2n) is 4.72. The van der Waals surface area contributed by atoms with Crippen LogP contribution in [0, 0.1) is 0 Å². The maximum absolute atomic E-state index is 11.5. The van der Waals surface area contributed by atoms with Crippen LogP contribution in [0.1, 0.15) is 19.3 Å². The molecule has 0 bridgehead atoms. The number of rotatable bonds is 5. The minimum Gasteiger partial charge on any atom is -0.341 e. The molecule has 1 saturated heterocycles. The average Bonchev–Trinajstić information content (AvgIpc) is 2.95. The maximum Gasteiger partial charge on any atom is 0.323 e. The van der Waals surface area contributed by atoms with Gasteiger partial charge in [0, 0.05) is 26.4 Å². The van der Waals surface area contributed by atoms with E-state index in [2.05, 4.69) is 20.4 Å². The van der Waals surface area contributed by atoms with Gasteiger partial charge in [-0.15, -0.1) is 10.2 Å². The molecule has 6 nitrogen and oxygen atoms in total. The number of carbonyl (C=O) groups is 1. The molecule has 20 heavy (non-hydrogen) atoms. The van der Waals surface area contributed by atoms with E-state index in [-0.39, 0.29) is 6.03 Å². The molecule has 0 spiro atoms. The van der Waals surface area contributed by atoms with E-state index < -0.39 is 0 Å². The Morgan fingerprint density at radius 2 is 2.15 bits per heavy atom. The smallest absolute Gasteiger partial charge is 0.323 e. The van der Waals surface area contributed by atoms with Crippen molar-refractivity contribution in [3.05, 3.63) is 0 Å². The van der Waals surface area contributed by atoms with Crippen molar-refractivity contribution in [3.63, 3.8) is 0 Å². The highest BCUT2D eigenvalue weighted by molar-refractivity contribution is 8.01. The Morgan fingerprint density at radius 3 is 2.85 bits per heavy atom. The molecule has 0 aliphatic carbocycles. The van der Waals surface area contributed by atoms with Gasteiger partial charge in [0.2, 0.25) is 5.13 Å². The second-order valence-corrected chi connectivity index (χ2v) is 7.01. The molecule has 0 atom stereocenters. The van der Waals surface area contributed by atoms with E-state index in [9.17, 15) is 4.79 Å². The van der Waals surface area contributed by atoms with E-state index in [0.717, 1.165) is 16.6 Å². The molecule has 112 valence electrons. The van der Waals surface area contributed by atoms with Gasteiger partial charge in [0.15, 0.2) is 4.34 Å². The largest absolute Gasteiger partial charge is 0.341 e. The Labute approximate surface area is 127 Å². The number of hydrogen-bond donors (Lipinski definition) is 1. The molecule has 1 aromatic rings. The molecule has 0 saturated carbocycles. The van der Waals surface area contributed by atoms with Crippen LogP contribution in [0.2, 0.25) is 0 Å². The van der Waals surface area contributed by atoms with Crippen molar-refractivity contribution >= 4 is 34.3 Å². The van der Waals surface area contributed by atoms with Gasteiger partial charge in [-0.25, -0.2) is 4.79 Å². The lowest BCUT2D eigenvalue weighted by atomic mass is 10.1. The fourth-order valence-electron chi connectivity index (χ4n) is 2.10. The Balaban J connectivity index is 1.76. The zero-order valence-corrected chi connectivity index (χ0v) is 13.6. The summed E-state index contributed by atoms with van der Waals surface area (Å²) in [5, 5.41) is 11.4. The highest BCUT2D eigenvalue weighted by Gasteiger charge is 2.15. The summed E-state index contributed by atoms with van der Waals surface area (Å²) in [7, 11) is 3.30. The predicted octanol–water partition coefficient (Wildman–Crippen LogP) is 1.89. The zero-order valence-electron chi connectivity index (χ0n) is 12.0. The first-order chi connectivity index (χ1) is 9.70. The lowest BCUT2D eigenvalue weighted by Crippen LogP contribution is -2.34. The van der Waals surface area contributed by atoms with Crippen molar-refractivity contribution in [3.8, 4) is 0 Å². The fraction of sp³-hybridized carbons (Fsp3) is 0.750. The molecule has 1 aliphatic heterocycles. The van der Waals surface area contributed by atoms with Gasteiger partial charge >= 0.3 is 6.03 Å². The minimum absolute atomic E-state index is 0.175. The number of carbonyl (C=O) groups excluding carboxylic acids is 1. The molecule has 2 heterocycles. The summed E-state index contributed by atoms with van der Waals surface area (Å²) in [4.78, 5) is 15.5. The number of piperidine rings is 1. The van der Waals surface area contributed by atoms with Crippen LogP contribution in [0.3, 0.4) is 0 Å². The van der Waals surface area contributed by atoms with Crippen LogP contribution < -0.4 is 10.2 Å². The number of likely N-dealkylation sites (tertiary alicyclic amines) is 1. The third-order valence-corrected chi connectivity index (χ3v) is 5.40. The van der Waals surface area contributed by atoms with E-state index in [4.69, 9.17) is 0 Å². The summed E-state index contributed by atoms with van der Waals surface area (Å²) in [6, 6.07) is -0.175. The first-order valence-electron chi connectivity index (χ1n) is 6.85. The minimum atomic E-state index is -0.175. The number of hydrogen-bond acceptors (Lipinski definition) is 6. The van der Waals surface area contributed by atoms with Crippen LogP contribution in [-0.4, -0.2) is 60.6 Å². The van der Waals surface area contributed by atoms with Crippen LogP contribution in [0.15, 0.2) is 4.34 Å². The quantitative estimate of drug-likeness (QED) is 0.664. The van der Waals surface area contributed by atoms with Gasteiger partial charge < -0.3 is 10.2 Å². The van der Waals surface area contributed by atoms with Gasteiger partial charge in [0.05, 0.1) is 0 Å². The lowest BCUT2D eigenvalue weighted by molar-refractivity contribution is 0.242. The maximum atomic E-state index is 11.5. The molecule has 8 heteroatoms. The summed E-state index contributed by atoms with van der Waals surface area (Å²) < 4.78 is 0.924. The van der Waals surface area contributed by atoms with E-state index >= 15 is 0 Å². The van der Waals surface area contributed by atoms with Crippen molar-refractivity contribution < 1.29 is 4.79 Å². The van der Waals surface area contributed by atoms with Crippen molar-refractivity contribution in [2.45, 2.75) is 23.6 Å². The van der Waals surface area contributed by atoms with E-state index in [1.165, 1.54) is 48.6 Å². The molecular formula is C12H21N5OS2. The third kappa shape index (κ3) is 4.32. The van der Waals surface area contributed by atoms with Gasteiger partial charge in [-0.1, -0.05) is 29.5 Å². The van der Waals surface area contributed by atoms with Crippen molar-refractivity contribution in [2.24, 2.45) is 0 Å². The number of nitrogens with zero attached hydrogens (tertiary/aromatic N) is 4. The van der Waals surface area contributed by atoms with Crippen molar-refractivity contribution in [1.29, 1.82) is 0 Å². The second kappa shape index (κ2) is 7.80. The molecule has 2 rings (SSSR count). The normalized spacial score (nSPS) is 16.1. The van der Waals surface area contributed by atoms with Gasteiger partial charge in [0.25, 0.3) is 0 Å². The van der Waals surface area contributed by atoms with Gasteiger partial charge in [0.1, 0.15) is 0 Å². The van der Waals surface area contributed by atoms with E-state index in [0.29, 0.717) is 5.13 Å². The summed E-state index contributed by atoms with van der Waals surface area (Å²) in [6.07, 6.45) is 4.02. The van der Waals surface area contributed by atoms with Crippen LogP contribution in [0.4, 0.5) is 9.93 Å². The lowest BCUT2D eigenvalue weighted by Gasteiger charge is -2.25. The first-order valence-corrected chi connectivity index (χ1v) is 8.65. The molecule has 0 aromatic carbocycles. The van der Waals surface area contributed by atoms with Crippen LogP contribution >= 0.6 is 23.1 Å². The molecule has 0 unspecified atom stereocenters.